The minimum atomic E-state index is -0.524. The molecule has 5 nitrogen and oxygen atoms in total. The second kappa shape index (κ2) is 5.14. The molecule has 2 aromatic rings. The lowest BCUT2D eigenvalue weighted by Gasteiger charge is -2.03. The van der Waals surface area contributed by atoms with Crippen LogP contribution in [0, 0.1) is 13.8 Å². The molecule has 0 unspecified atom stereocenters. The predicted molar refractivity (Wildman–Crippen MR) is 70.3 cm³/mol. The fourth-order valence-corrected chi connectivity index (χ4v) is 1.88. The number of hydrogen-bond donors (Lipinski definition) is 1. The molecule has 100 valence electrons. The Morgan fingerprint density at radius 2 is 2.11 bits per heavy atom. The van der Waals surface area contributed by atoms with Crippen molar-refractivity contribution in [3.63, 3.8) is 0 Å². The average Bonchev–Trinajstić information content (AvgIpc) is 3.00. The van der Waals surface area contributed by atoms with Crippen LogP contribution in [-0.2, 0) is 11.8 Å². The lowest BCUT2D eigenvalue weighted by Crippen LogP contribution is -2.15. The summed E-state index contributed by atoms with van der Waals surface area (Å²) < 4.78 is 6.91. The Hall–Kier alpha value is -2.30. The number of ether oxygens (including phenoxy) is 1. The summed E-state index contributed by atoms with van der Waals surface area (Å²) in [4.78, 5) is 26.3. The van der Waals surface area contributed by atoms with Gasteiger partial charge in [-0.15, -0.1) is 0 Å². The van der Waals surface area contributed by atoms with E-state index in [4.69, 9.17) is 4.74 Å². The molecule has 1 N–H and O–H groups in total. The van der Waals surface area contributed by atoms with E-state index < -0.39 is 5.97 Å². The summed E-state index contributed by atoms with van der Waals surface area (Å²) in [7, 11) is 1.90. The van der Waals surface area contributed by atoms with E-state index in [-0.39, 0.29) is 12.4 Å². The fourth-order valence-electron chi connectivity index (χ4n) is 1.88. The van der Waals surface area contributed by atoms with Crippen LogP contribution < -0.4 is 0 Å². The summed E-state index contributed by atoms with van der Waals surface area (Å²) in [5, 5.41) is 0. The van der Waals surface area contributed by atoms with Gasteiger partial charge in [0.15, 0.2) is 6.61 Å². The number of rotatable bonds is 4. The highest BCUT2D eigenvalue weighted by atomic mass is 16.5. The zero-order chi connectivity index (χ0) is 14.0. The Bertz CT molecular complexity index is 609. The van der Waals surface area contributed by atoms with Crippen LogP contribution in [0.3, 0.4) is 0 Å². The van der Waals surface area contributed by atoms with Gasteiger partial charge in [0.25, 0.3) is 0 Å². The number of esters is 1. The van der Waals surface area contributed by atoms with E-state index in [1.54, 1.807) is 24.4 Å². The zero-order valence-electron chi connectivity index (χ0n) is 11.2. The van der Waals surface area contributed by atoms with Gasteiger partial charge in [-0.05, 0) is 32.0 Å². The number of nitrogens with zero attached hydrogens (tertiary/aromatic N) is 1. The molecule has 2 aromatic heterocycles. The van der Waals surface area contributed by atoms with E-state index in [1.165, 1.54) is 0 Å². The Balaban J connectivity index is 2.02. The Morgan fingerprint density at radius 3 is 2.63 bits per heavy atom. The molecule has 5 heteroatoms. The van der Waals surface area contributed by atoms with Crippen molar-refractivity contribution in [2.24, 2.45) is 7.05 Å². The van der Waals surface area contributed by atoms with Crippen molar-refractivity contribution in [1.82, 2.24) is 9.55 Å². The van der Waals surface area contributed by atoms with E-state index in [9.17, 15) is 9.59 Å². The second-order valence-corrected chi connectivity index (χ2v) is 4.43. The quantitative estimate of drug-likeness (QED) is 0.675. The molecule has 19 heavy (non-hydrogen) atoms. The zero-order valence-corrected chi connectivity index (χ0v) is 11.2. The third-order valence-electron chi connectivity index (χ3n) is 3.23. The number of ketones is 1. The molecule has 0 aliphatic rings. The van der Waals surface area contributed by atoms with Crippen LogP contribution in [0.4, 0.5) is 0 Å². The van der Waals surface area contributed by atoms with E-state index in [1.807, 2.05) is 25.5 Å². The highest BCUT2D eigenvalue weighted by Crippen LogP contribution is 2.14. The molecule has 0 aromatic carbocycles. The van der Waals surface area contributed by atoms with E-state index in [0.717, 1.165) is 11.4 Å². The number of carbonyl (C=O) groups excluding carboxylic acids is 2. The van der Waals surface area contributed by atoms with Crippen LogP contribution in [0.5, 0.6) is 0 Å². The molecular formula is C14H16N2O3. The maximum absolute atomic E-state index is 12.0. The average molecular weight is 260 g/mol. The first-order chi connectivity index (χ1) is 9.00. The van der Waals surface area contributed by atoms with E-state index in [0.29, 0.717) is 11.3 Å². The van der Waals surface area contributed by atoms with Crippen LogP contribution in [0.15, 0.2) is 24.4 Å². The van der Waals surface area contributed by atoms with Gasteiger partial charge in [0.05, 0.1) is 0 Å². The largest absolute Gasteiger partial charge is 0.453 e. The van der Waals surface area contributed by atoms with E-state index in [2.05, 4.69) is 4.98 Å². The number of Topliss-reactive ketones (excluding diaryl/α,β-unsaturated/α-hetero) is 1. The van der Waals surface area contributed by atoms with Crippen molar-refractivity contribution in [2.75, 3.05) is 6.61 Å². The normalized spacial score (nSPS) is 10.5. The number of H-pyrrole nitrogens is 1. The summed E-state index contributed by atoms with van der Waals surface area (Å²) in [5.74, 6) is -0.718. The van der Waals surface area contributed by atoms with Crippen molar-refractivity contribution in [1.29, 1.82) is 0 Å². The monoisotopic (exact) mass is 260 g/mol. The minimum absolute atomic E-state index is 0.193. The third kappa shape index (κ3) is 2.59. The van der Waals surface area contributed by atoms with Gasteiger partial charge in [-0.1, -0.05) is 0 Å². The molecule has 0 radical (unpaired) electrons. The first-order valence-electron chi connectivity index (χ1n) is 5.97. The summed E-state index contributed by atoms with van der Waals surface area (Å²) >= 11 is 0. The van der Waals surface area contributed by atoms with E-state index >= 15 is 0 Å². The summed E-state index contributed by atoms with van der Waals surface area (Å²) in [6.45, 7) is 3.55. The molecule has 0 saturated carbocycles. The number of hydrogen-bond acceptors (Lipinski definition) is 3. The standard InChI is InChI=1S/C14H16N2O3/c1-9-7-11(10(2)16(9)3)13(17)8-19-14(18)12-5-4-6-15-12/h4-7,15H,8H2,1-3H3. The van der Waals surface area contributed by atoms with Crippen molar-refractivity contribution < 1.29 is 14.3 Å². The number of aryl methyl sites for hydroxylation is 1. The minimum Gasteiger partial charge on any atom is -0.453 e. The van der Waals surface area contributed by atoms with Gasteiger partial charge in [-0.25, -0.2) is 4.79 Å². The molecule has 0 atom stereocenters. The maximum Gasteiger partial charge on any atom is 0.355 e. The Labute approximate surface area is 111 Å². The van der Waals surface area contributed by atoms with Crippen LogP contribution >= 0.6 is 0 Å². The molecule has 0 spiro atoms. The summed E-state index contributed by atoms with van der Waals surface area (Å²) in [5.41, 5.74) is 2.81. The van der Waals surface area contributed by atoms with Crippen LogP contribution in [0.2, 0.25) is 0 Å². The molecule has 0 bridgehead atoms. The van der Waals surface area contributed by atoms with Crippen LogP contribution in [0.25, 0.3) is 0 Å². The summed E-state index contributed by atoms with van der Waals surface area (Å²) in [6, 6.07) is 5.11. The smallest absolute Gasteiger partial charge is 0.355 e. The Kier molecular flexibility index (Phi) is 3.55. The van der Waals surface area contributed by atoms with Crippen molar-refractivity contribution in [2.45, 2.75) is 13.8 Å². The number of carbonyl (C=O) groups is 2. The molecule has 0 saturated heterocycles. The molecule has 0 amide bonds. The maximum atomic E-state index is 12.0. The molecule has 2 heterocycles. The van der Waals surface area contributed by atoms with Crippen molar-refractivity contribution in [3.05, 3.63) is 47.0 Å². The van der Waals surface area contributed by atoms with Gasteiger partial charge in [0, 0.05) is 30.2 Å². The highest BCUT2D eigenvalue weighted by molar-refractivity contribution is 6.00. The fraction of sp³-hybridized carbons (Fsp3) is 0.286. The molecule has 0 aliphatic heterocycles. The second-order valence-electron chi connectivity index (χ2n) is 4.43. The third-order valence-corrected chi connectivity index (χ3v) is 3.23. The number of aromatic nitrogens is 2. The van der Waals surface area contributed by atoms with Gasteiger partial charge in [-0.3, -0.25) is 4.79 Å². The molecule has 2 rings (SSSR count). The predicted octanol–water partition coefficient (Wildman–Crippen LogP) is 2.01. The lowest BCUT2D eigenvalue weighted by molar-refractivity contribution is 0.0469. The van der Waals surface area contributed by atoms with Gasteiger partial charge >= 0.3 is 5.97 Å². The van der Waals surface area contributed by atoms with Crippen LogP contribution in [-0.4, -0.2) is 27.9 Å². The molecule has 0 fully saturated rings. The SMILES string of the molecule is Cc1cc(C(=O)COC(=O)c2ccc[nH]2)c(C)n1C. The molecular weight excluding hydrogens is 244 g/mol. The van der Waals surface area contributed by atoms with Crippen molar-refractivity contribution in [3.8, 4) is 0 Å². The van der Waals surface area contributed by atoms with Gasteiger partial charge in [0.1, 0.15) is 5.69 Å². The van der Waals surface area contributed by atoms with Crippen molar-refractivity contribution >= 4 is 11.8 Å². The first kappa shape index (κ1) is 13.1. The number of nitrogens with one attached hydrogen (secondary N) is 1. The Morgan fingerprint density at radius 1 is 1.37 bits per heavy atom. The van der Waals surface area contributed by atoms with Crippen LogP contribution in [0.1, 0.15) is 32.2 Å². The highest BCUT2D eigenvalue weighted by Gasteiger charge is 2.16. The molecule has 0 aliphatic carbocycles. The number of aromatic amines is 1. The van der Waals surface area contributed by atoms with Gasteiger partial charge < -0.3 is 14.3 Å². The topological polar surface area (TPSA) is 64.1 Å². The first-order valence-corrected chi connectivity index (χ1v) is 5.97. The van der Waals surface area contributed by atoms with Gasteiger partial charge in [0.2, 0.25) is 5.78 Å². The van der Waals surface area contributed by atoms with Gasteiger partial charge in [-0.2, -0.15) is 0 Å². The lowest BCUT2D eigenvalue weighted by atomic mass is 10.1. The summed E-state index contributed by atoms with van der Waals surface area (Å²) in [6.07, 6.45) is 1.63.